The highest BCUT2D eigenvalue weighted by Gasteiger charge is 2.35. The standard InChI is InChI=1S/C13H21N3/c1-9-4-5-12(15-8-9)13(14)10-6-11(7-10)16(2)3/h4-5,8,10-11,13H,6-7,14H2,1-3H3. The normalized spacial score (nSPS) is 26.6. The smallest absolute Gasteiger partial charge is 0.0574 e. The van der Waals surface area contributed by atoms with Crippen molar-refractivity contribution < 1.29 is 0 Å². The largest absolute Gasteiger partial charge is 0.322 e. The van der Waals surface area contributed by atoms with Crippen LogP contribution in [0.1, 0.15) is 30.1 Å². The number of hydrogen-bond acceptors (Lipinski definition) is 3. The van der Waals surface area contributed by atoms with E-state index in [0.29, 0.717) is 12.0 Å². The zero-order valence-corrected chi connectivity index (χ0v) is 10.4. The Morgan fingerprint density at radius 2 is 2.06 bits per heavy atom. The van der Waals surface area contributed by atoms with Crippen molar-refractivity contribution in [1.82, 2.24) is 9.88 Å². The summed E-state index contributed by atoms with van der Waals surface area (Å²) >= 11 is 0. The van der Waals surface area contributed by atoms with Crippen LogP contribution in [0.2, 0.25) is 0 Å². The van der Waals surface area contributed by atoms with Gasteiger partial charge in [0.2, 0.25) is 0 Å². The molecule has 0 aliphatic heterocycles. The second kappa shape index (κ2) is 4.52. The van der Waals surface area contributed by atoms with Gasteiger partial charge < -0.3 is 10.6 Å². The quantitative estimate of drug-likeness (QED) is 0.842. The molecule has 1 aliphatic rings. The van der Waals surface area contributed by atoms with Crippen LogP contribution in [0, 0.1) is 12.8 Å². The van der Waals surface area contributed by atoms with Gasteiger partial charge in [-0.1, -0.05) is 6.07 Å². The van der Waals surface area contributed by atoms with Crippen LogP contribution in [0.4, 0.5) is 0 Å². The van der Waals surface area contributed by atoms with Crippen LogP contribution in [0.25, 0.3) is 0 Å². The second-order valence-corrected chi connectivity index (χ2v) is 5.14. The SMILES string of the molecule is Cc1ccc(C(N)C2CC(N(C)C)C2)nc1. The maximum Gasteiger partial charge on any atom is 0.0574 e. The van der Waals surface area contributed by atoms with E-state index >= 15 is 0 Å². The van der Waals surface area contributed by atoms with Gasteiger partial charge in [-0.05, 0) is 51.4 Å². The Hall–Kier alpha value is -0.930. The van der Waals surface area contributed by atoms with Gasteiger partial charge >= 0.3 is 0 Å². The average Bonchev–Trinajstić information content (AvgIpc) is 2.15. The van der Waals surface area contributed by atoms with E-state index in [0.717, 1.165) is 5.69 Å². The first-order chi connectivity index (χ1) is 7.58. The van der Waals surface area contributed by atoms with Crippen LogP contribution < -0.4 is 5.73 Å². The number of hydrogen-bond donors (Lipinski definition) is 1. The fourth-order valence-electron chi connectivity index (χ4n) is 2.26. The molecule has 88 valence electrons. The number of aromatic nitrogens is 1. The maximum absolute atomic E-state index is 6.23. The van der Waals surface area contributed by atoms with Gasteiger partial charge in [-0.2, -0.15) is 0 Å². The van der Waals surface area contributed by atoms with E-state index in [1.807, 2.05) is 13.1 Å². The van der Waals surface area contributed by atoms with Crippen LogP contribution in [-0.2, 0) is 0 Å². The van der Waals surface area contributed by atoms with Crippen LogP contribution in [0.3, 0.4) is 0 Å². The van der Waals surface area contributed by atoms with E-state index in [9.17, 15) is 0 Å². The minimum atomic E-state index is 0.108. The van der Waals surface area contributed by atoms with E-state index in [1.165, 1.54) is 18.4 Å². The minimum Gasteiger partial charge on any atom is -0.322 e. The summed E-state index contributed by atoms with van der Waals surface area (Å²) < 4.78 is 0. The lowest BCUT2D eigenvalue weighted by Crippen LogP contribution is -2.44. The molecule has 1 atom stereocenters. The highest BCUT2D eigenvalue weighted by Crippen LogP contribution is 2.37. The first-order valence-corrected chi connectivity index (χ1v) is 5.92. The number of rotatable bonds is 3. The van der Waals surface area contributed by atoms with Gasteiger partial charge in [-0.15, -0.1) is 0 Å². The van der Waals surface area contributed by atoms with Gasteiger partial charge in [0.25, 0.3) is 0 Å². The third-order valence-corrected chi connectivity index (χ3v) is 3.66. The zero-order chi connectivity index (χ0) is 11.7. The maximum atomic E-state index is 6.23. The van der Waals surface area contributed by atoms with Gasteiger partial charge in [0, 0.05) is 18.3 Å². The van der Waals surface area contributed by atoms with Crippen molar-refractivity contribution in [1.29, 1.82) is 0 Å². The molecule has 1 unspecified atom stereocenters. The highest BCUT2D eigenvalue weighted by molar-refractivity contribution is 5.16. The molecule has 1 aromatic rings. The van der Waals surface area contributed by atoms with Gasteiger partial charge in [0.15, 0.2) is 0 Å². The molecule has 1 saturated carbocycles. The Labute approximate surface area is 97.7 Å². The topological polar surface area (TPSA) is 42.1 Å². The summed E-state index contributed by atoms with van der Waals surface area (Å²) in [5, 5.41) is 0. The monoisotopic (exact) mass is 219 g/mol. The first kappa shape index (κ1) is 11.6. The molecular formula is C13H21N3. The van der Waals surface area contributed by atoms with Crippen molar-refractivity contribution in [3.63, 3.8) is 0 Å². The molecule has 0 saturated heterocycles. The fourth-order valence-corrected chi connectivity index (χ4v) is 2.26. The molecule has 2 rings (SSSR count). The predicted molar refractivity (Wildman–Crippen MR) is 66.1 cm³/mol. The summed E-state index contributed by atoms with van der Waals surface area (Å²) in [5.41, 5.74) is 8.46. The Balaban J connectivity index is 1.94. The Kier molecular flexibility index (Phi) is 3.26. The predicted octanol–water partition coefficient (Wildman–Crippen LogP) is 1.73. The van der Waals surface area contributed by atoms with E-state index in [4.69, 9.17) is 5.73 Å². The van der Waals surface area contributed by atoms with Crippen molar-refractivity contribution in [2.75, 3.05) is 14.1 Å². The van der Waals surface area contributed by atoms with Crippen LogP contribution in [0.5, 0.6) is 0 Å². The Morgan fingerprint density at radius 1 is 1.38 bits per heavy atom. The van der Waals surface area contributed by atoms with Crippen LogP contribution in [-0.4, -0.2) is 30.0 Å². The molecule has 1 fully saturated rings. The van der Waals surface area contributed by atoms with E-state index in [-0.39, 0.29) is 6.04 Å². The Bertz CT molecular complexity index is 339. The van der Waals surface area contributed by atoms with E-state index in [1.54, 1.807) is 0 Å². The molecule has 16 heavy (non-hydrogen) atoms. The zero-order valence-electron chi connectivity index (χ0n) is 10.4. The molecule has 1 aliphatic carbocycles. The average molecular weight is 219 g/mol. The third-order valence-electron chi connectivity index (χ3n) is 3.66. The van der Waals surface area contributed by atoms with E-state index < -0.39 is 0 Å². The highest BCUT2D eigenvalue weighted by atomic mass is 15.1. The lowest BCUT2D eigenvalue weighted by Gasteiger charge is -2.42. The second-order valence-electron chi connectivity index (χ2n) is 5.14. The molecule has 0 bridgehead atoms. The number of nitrogens with two attached hydrogens (primary N) is 1. The summed E-state index contributed by atoms with van der Waals surface area (Å²) in [6.07, 6.45) is 4.30. The van der Waals surface area contributed by atoms with Gasteiger partial charge in [-0.25, -0.2) is 0 Å². The van der Waals surface area contributed by atoms with Gasteiger partial charge in [0.1, 0.15) is 0 Å². The number of nitrogens with zero attached hydrogens (tertiary/aromatic N) is 2. The molecular weight excluding hydrogens is 198 g/mol. The van der Waals surface area contributed by atoms with Gasteiger partial charge in [0.05, 0.1) is 5.69 Å². The third kappa shape index (κ3) is 2.25. The molecule has 0 radical (unpaired) electrons. The van der Waals surface area contributed by atoms with Crippen LogP contribution >= 0.6 is 0 Å². The Morgan fingerprint density at radius 3 is 2.56 bits per heavy atom. The molecule has 3 heteroatoms. The summed E-state index contributed by atoms with van der Waals surface area (Å²) in [5.74, 6) is 0.600. The summed E-state index contributed by atoms with van der Waals surface area (Å²) in [6, 6.07) is 4.96. The number of pyridine rings is 1. The summed E-state index contributed by atoms with van der Waals surface area (Å²) in [6.45, 7) is 2.05. The minimum absolute atomic E-state index is 0.108. The molecule has 1 heterocycles. The summed E-state index contributed by atoms with van der Waals surface area (Å²) in [4.78, 5) is 6.70. The van der Waals surface area contributed by atoms with Crippen molar-refractivity contribution >= 4 is 0 Å². The van der Waals surface area contributed by atoms with Crippen molar-refractivity contribution in [2.45, 2.75) is 31.8 Å². The molecule has 0 aromatic carbocycles. The summed E-state index contributed by atoms with van der Waals surface area (Å²) in [7, 11) is 4.27. The molecule has 0 spiro atoms. The lowest BCUT2D eigenvalue weighted by molar-refractivity contribution is 0.104. The number of aryl methyl sites for hydroxylation is 1. The van der Waals surface area contributed by atoms with E-state index in [2.05, 4.69) is 36.1 Å². The van der Waals surface area contributed by atoms with Gasteiger partial charge in [-0.3, -0.25) is 4.98 Å². The molecule has 1 aromatic heterocycles. The molecule has 3 nitrogen and oxygen atoms in total. The molecule has 0 amide bonds. The first-order valence-electron chi connectivity index (χ1n) is 5.92. The van der Waals surface area contributed by atoms with Crippen LogP contribution in [0.15, 0.2) is 18.3 Å². The van der Waals surface area contributed by atoms with Crippen molar-refractivity contribution in [3.8, 4) is 0 Å². The van der Waals surface area contributed by atoms with Crippen molar-refractivity contribution in [3.05, 3.63) is 29.6 Å². The molecule has 2 N–H and O–H groups in total. The van der Waals surface area contributed by atoms with Crippen molar-refractivity contribution in [2.24, 2.45) is 11.7 Å². The lowest BCUT2D eigenvalue weighted by atomic mass is 9.74. The fraction of sp³-hybridized carbons (Fsp3) is 0.615.